The molecule has 21 heavy (non-hydrogen) atoms. The lowest BCUT2D eigenvalue weighted by molar-refractivity contribution is 0.501. The molecule has 114 valence electrons. The lowest BCUT2D eigenvalue weighted by Gasteiger charge is -2.10. The number of hydrogen-bond donors (Lipinski definition) is 2. The Hall–Kier alpha value is -1.75. The lowest BCUT2D eigenvalue weighted by Crippen LogP contribution is -2.36. The maximum atomic E-state index is 5.53. The predicted octanol–water partition coefficient (Wildman–Crippen LogP) is 3.52. The first kappa shape index (κ1) is 15.6. The standard InChI is InChI=1S/C16H23N3OS/c1-5-17-16(19-10-15-7-6-12(3)21-15)18-9-14-8-11(2)20-13(14)4/h6-8H,5,9-10H2,1-4H3,(H2,17,18,19). The van der Waals surface area contributed by atoms with E-state index in [2.05, 4.69) is 41.6 Å². The van der Waals surface area contributed by atoms with Gasteiger partial charge in [-0.3, -0.25) is 0 Å². The highest BCUT2D eigenvalue weighted by atomic mass is 32.1. The Kier molecular flexibility index (Phi) is 5.44. The molecule has 2 N–H and O–H groups in total. The van der Waals surface area contributed by atoms with E-state index in [-0.39, 0.29) is 0 Å². The summed E-state index contributed by atoms with van der Waals surface area (Å²) in [4.78, 5) is 7.26. The second-order valence-electron chi connectivity index (χ2n) is 5.00. The smallest absolute Gasteiger partial charge is 0.191 e. The molecule has 0 fully saturated rings. The molecule has 0 aromatic carbocycles. The van der Waals surface area contributed by atoms with Gasteiger partial charge in [0.1, 0.15) is 11.5 Å². The van der Waals surface area contributed by atoms with Gasteiger partial charge in [0.15, 0.2) is 5.96 Å². The minimum absolute atomic E-state index is 0.627. The van der Waals surface area contributed by atoms with Crippen LogP contribution in [0.25, 0.3) is 0 Å². The number of aryl methyl sites for hydroxylation is 3. The van der Waals surface area contributed by atoms with Gasteiger partial charge in [0.2, 0.25) is 0 Å². The Bertz CT molecular complexity index is 613. The van der Waals surface area contributed by atoms with Crippen LogP contribution in [-0.4, -0.2) is 12.5 Å². The molecule has 0 aliphatic heterocycles. The molecule has 0 unspecified atom stereocenters. The average molecular weight is 305 g/mol. The maximum Gasteiger partial charge on any atom is 0.191 e. The molecule has 0 saturated carbocycles. The first-order valence-corrected chi connectivity index (χ1v) is 8.03. The van der Waals surface area contributed by atoms with E-state index in [9.17, 15) is 0 Å². The molecular formula is C16H23N3OS. The molecule has 2 rings (SSSR count). The number of hydrogen-bond acceptors (Lipinski definition) is 3. The van der Waals surface area contributed by atoms with E-state index < -0.39 is 0 Å². The topological polar surface area (TPSA) is 49.6 Å². The second kappa shape index (κ2) is 7.31. The fourth-order valence-corrected chi connectivity index (χ4v) is 2.93. The van der Waals surface area contributed by atoms with Crippen LogP contribution in [0, 0.1) is 20.8 Å². The summed E-state index contributed by atoms with van der Waals surface area (Å²) in [6.45, 7) is 10.4. The van der Waals surface area contributed by atoms with Gasteiger partial charge in [-0.2, -0.15) is 0 Å². The van der Waals surface area contributed by atoms with Crippen LogP contribution in [0.3, 0.4) is 0 Å². The molecule has 2 aromatic heterocycles. The molecule has 0 saturated heterocycles. The van der Waals surface area contributed by atoms with Crippen molar-refractivity contribution in [1.29, 1.82) is 0 Å². The van der Waals surface area contributed by atoms with Crippen LogP contribution in [0.1, 0.15) is 33.8 Å². The van der Waals surface area contributed by atoms with Crippen molar-refractivity contribution in [1.82, 2.24) is 10.6 Å². The van der Waals surface area contributed by atoms with Gasteiger partial charge in [-0.1, -0.05) is 0 Å². The van der Waals surface area contributed by atoms with Gasteiger partial charge >= 0.3 is 0 Å². The highest BCUT2D eigenvalue weighted by molar-refractivity contribution is 7.11. The van der Waals surface area contributed by atoms with E-state index in [0.717, 1.165) is 36.1 Å². The summed E-state index contributed by atoms with van der Waals surface area (Å²) in [6, 6.07) is 6.34. The van der Waals surface area contributed by atoms with Crippen molar-refractivity contribution in [2.45, 2.75) is 40.8 Å². The van der Waals surface area contributed by atoms with Crippen LogP contribution < -0.4 is 10.6 Å². The summed E-state index contributed by atoms with van der Waals surface area (Å²) in [6.07, 6.45) is 0. The van der Waals surface area contributed by atoms with Crippen LogP contribution in [-0.2, 0) is 13.1 Å². The Morgan fingerprint density at radius 3 is 2.62 bits per heavy atom. The summed E-state index contributed by atoms with van der Waals surface area (Å²) in [5, 5.41) is 6.63. The molecule has 2 aromatic rings. The van der Waals surface area contributed by atoms with Crippen molar-refractivity contribution in [3.8, 4) is 0 Å². The van der Waals surface area contributed by atoms with E-state index in [0.29, 0.717) is 6.54 Å². The lowest BCUT2D eigenvalue weighted by atomic mass is 10.2. The highest BCUT2D eigenvalue weighted by Gasteiger charge is 2.05. The molecule has 0 aliphatic carbocycles. The molecule has 0 atom stereocenters. The minimum atomic E-state index is 0.627. The van der Waals surface area contributed by atoms with Gasteiger partial charge in [0, 0.05) is 21.9 Å². The number of guanidine groups is 1. The number of rotatable bonds is 5. The molecule has 0 spiro atoms. The van der Waals surface area contributed by atoms with Crippen LogP contribution >= 0.6 is 11.3 Å². The number of nitrogens with one attached hydrogen (secondary N) is 2. The normalized spacial score (nSPS) is 11.7. The van der Waals surface area contributed by atoms with Gasteiger partial charge in [0.05, 0.1) is 13.1 Å². The molecular weight excluding hydrogens is 282 g/mol. The quantitative estimate of drug-likeness (QED) is 0.656. The SMILES string of the molecule is CCNC(=NCc1cc(C)oc1C)NCc1ccc(C)s1. The number of aliphatic imine (C=N–C) groups is 1. The zero-order valence-corrected chi connectivity index (χ0v) is 13.9. The van der Waals surface area contributed by atoms with Crippen LogP contribution in [0.5, 0.6) is 0 Å². The summed E-state index contributed by atoms with van der Waals surface area (Å²) in [5.41, 5.74) is 1.14. The van der Waals surface area contributed by atoms with E-state index in [1.807, 2.05) is 31.3 Å². The van der Waals surface area contributed by atoms with E-state index in [1.165, 1.54) is 9.75 Å². The Balaban J connectivity index is 1.97. The first-order chi connectivity index (χ1) is 10.1. The number of thiophene rings is 1. The zero-order valence-electron chi connectivity index (χ0n) is 13.1. The summed E-state index contributed by atoms with van der Waals surface area (Å²) in [5.74, 6) is 2.72. The Labute approximate surface area is 130 Å². The third kappa shape index (κ3) is 4.63. The molecule has 0 amide bonds. The van der Waals surface area contributed by atoms with Gasteiger partial charge in [-0.05, 0) is 45.9 Å². The van der Waals surface area contributed by atoms with Gasteiger partial charge in [0.25, 0.3) is 0 Å². The maximum absolute atomic E-state index is 5.53. The predicted molar refractivity (Wildman–Crippen MR) is 88.9 cm³/mol. The molecule has 4 nitrogen and oxygen atoms in total. The molecule has 0 bridgehead atoms. The largest absolute Gasteiger partial charge is 0.466 e. The fraction of sp³-hybridized carbons (Fsp3) is 0.438. The Morgan fingerprint density at radius 2 is 2.05 bits per heavy atom. The van der Waals surface area contributed by atoms with Crippen molar-refractivity contribution >= 4 is 17.3 Å². The monoisotopic (exact) mass is 305 g/mol. The molecule has 0 aliphatic rings. The average Bonchev–Trinajstić information content (AvgIpc) is 2.99. The van der Waals surface area contributed by atoms with Crippen LogP contribution in [0.2, 0.25) is 0 Å². The summed E-state index contributed by atoms with van der Waals surface area (Å²) in [7, 11) is 0. The fourth-order valence-electron chi connectivity index (χ4n) is 2.10. The highest BCUT2D eigenvalue weighted by Crippen LogP contribution is 2.15. The summed E-state index contributed by atoms with van der Waals surface area (Å²) < 4.78 is 5.53. The van der Waals surface area contributed by atoms with Crippen LogP contribution in [0.15, 0.2) is 27.6 Å². The van der Waals surface area contributed by atoms with Gasteiger partial charge in [-0.25, -0.2) is 4.99 Å². The minimum Gasteiger partial charge on any atom is -0.466 e. The Morgan fingerprint density at radius 1 is 1.24 bits per heavy atom. The summed E-state index contributed by atoms with van der Waals surface area (Å²) >= 11 is 1.81. The molecule has 0 radical (unpaired) electrons. The number of furan rings is 1. The van der Waals surface area contributed by atoms with Gasteiger partial charge < -0.3 is 15.1 Å². The third-order valence-corrected chi connectivity index (χ3v) is 4.12. The zero-order chi connectivity index (χ0) is 15.2. The molecule has 2 heterocycles. The van der Waals surface area contributed by atoms with E-state index >= 15 is 0 Å². The van der Waals surface area contributed by atoms with Crippen molar-refractivity contribution in [2.24, 2.45) is 4.99 Å². The van der Waals surface area contributed by atoms with Crippen molar-refractivity contribution in [3.63, 3.8) is 0 Å². The van der Waals surface area contributed by atoms with E-state index in [1.54, 1.807) is 0 Å². The van der Waals surface area contributed by atoms with Gasteiger partial charge in [-0.15, -0.1) is 11.3 Å². The molecule has 5 heteroatoms. The van der Waals surface area contributed by atoms with Crippen molar-refractivity contribution in [3.05, 3.63) is 45.0 Å². The number of nitrogens with zero attached hydrogens (tertiary/aromatic N) is 1. The van der Waals surface area contributed by atoms with E-state index in [4.69, 9.17) is 4.42 Å². The second-order valence-corrected chi connectivity index (χ2v) is 6.37. The van der Waals surface area contributed by atoms with Crippen molar-refractivity contribution in [2.75, 3.05) is 6.54 Å². The first-order valence-electron chi connectivity index (χ1n) is 7.22. The van der Waals surface area contributed by atoms with Crippen LogP contribution in [0.4, 0.5) is 0 Å². The van der Waals surface area contributed by atoms with Crippen molar-refractivity contribution < 1.29 is 4.42 Å². The third-order valence-electron chi connectivity index (χ3n) is 3.12.